The van der Waals surface area contributed by atoms with Crippen molar-refractivity contribution in [2.75, 3.05) is 19.3 Å². The highest BCUT2D eigenvalue weighted by molar-refractivity contribution is 6.80. The molecule has 23 heavy (non-hydrogen) atoms. The third-order valence-electron chi connectivity index (χ3n) is 5.60. The Morgan fingerprint density at radius 3 is 1.70 bits per heavy atom. The molecule has 136 valence electrons. The normalized spacial score (nSPS) is 19.8. The Morgan fingerprint density at radius 1 is 0.783 bits per heavy atom. The molecule has 0 bridgehead atoms. The highest BCUT2D eigenvalue weighted by atomic mass is 28.3. The van der Waals surface area contributed by atoms with Gasteiger partial charge in [-0.3, -0.25) is 0 Å². The topological polar surface area (TPSA) is 3.24 Å². The van der Waals surface area contributed by atoms with Gasteiger partial charge in [-0.05, 0) is 45.1 Å². The lowest BCUT2D eigenvalue weighted by molar-refractivity contribution is 0.297. The van der Waals surface area contributed by atoms with Crippen LogP contribution in [0.15, 0.2) is 12.2 Å². The van der Waals surface area contributed by atoms with Crippen LogP contribution in [0, 0.1) is 0 Å². The monoisotopic (exact) mass is 337 g/mol. The molecule has 0 aromatic carbocycles. The van der Waals surface area contributed by atoms with E-state index in [9.17, 15) is 0 Å². The van der Waals surface area contributed by atoms with Gasteiger partial charge in [0.1, 0.15) is 0 Å². The number of nitrogens with zero attached hydrogens (tertiary/aromatic N) is 1. The van der Waals surface area contributed by atoms with Crippen molar-refractivity contribution >= 4 is 8.07 Å². The molecule has 0 unspecified atom stereocenters. The number of hydrogen-bond acceptors (Lipinski definition) is 1. The molecule has 0 atom stereocenters. The summed E-state index contributed by atoms with van der Waals surface area (Å²) >= 11 is 0. The van der Waals surface area contributed by atoms with E-state index in [1.54, 1.807) is 0 Å². The maximum atomic E-state index is 2.90. The smallest absolute Gasteiger partial charge is 0.0727 e. The summed E-state index contributed by atoms with van der Waals surface area (Å²) in [4.78, 5) is 2.90. The Labute approximate surface area is 147 Å². The zero-order valence-corrected chi connectivity index (χ0v) is 17.4. The second kappa shape index (κ2) is 13.2. The van der Waals surface area contributed by atoms with Crippen LogP contribution in [0.1, 0.15) is 85.0 Å². The maximum absolute atomic E-state index is 2.90. The molecular weight excluding hydrogens is 294 g/mol. The molecule has 0 aromatic rings. The van der Waals surface area contributed by atoms with Gasteiger partial charge in [0.15, 0.2) is 0 Å². The van der Waals surface area contributed by atoms with Crippen LogP contribution in [-0.2, 0) is 0 Å². The van der Waals surface area contributed by atoms with Crippen LogP contribution in [0.2, 0.25) is 18.1 Å². The van der Waals surface area contributed by atoms with Crippen LogP contribution in [0.4, 0.5) is 0 Å². The lowest BCUT2D eigenvalue weighted by Crippen LogP contribution is -2.47. The molecule has 1 heterocycles. The summed E-state index contributed by atoms with van der Waals surface area (Å²) in [6, 6.07) is 4.48. The first-order chi connectivity index (χ1) is 11.3. The molecule has 1 nitrogen and oxygen atoms in total. The lowest BCUT2D eigenvalue weighted by Gasteiger charge is -2.36. The molecule has 0 N–H and O–H groups in total. The summed E-state index contributed by atoms with van der Waals surface area (Å²) in [5, 5.41) is 0. The summed E-state index contributed by atoms with van der Waals surface area (Å²) in [6.45, 7) is 9.75. The fourth-order valence-electron chi connectivity index (χ4n) is 4.46. The van der Waals surface area contributed by atoms with Gasteiger partial charge in [-0.15, -0.1) is 0 Å². The Bertz CT molecular complexity index is 282. The van der Waals surface area contributed by atoms with Gasteiger partial charge in [0.05, 0.1) is 8.07 Å². The van der Waals surface area contributed by atoms with Gasteiger partial charge >= 0.3 is 0 Å². The molecule has 0 spiro atoms. The predicted molar refractivity (Wildman–Crippen MR) is 109 cm³/mol. The minimum Gasteiger partial charge on any atom is -0.306 e. The molecule has 2 heteroatoms. The van der Waals surface area contributed by atoms with Crippen LogP contribution < -0.4 is 0 Å². The summed E-state index contributed by atoms with van der Waals surface area (Å²) in [6.07, 6.45) is 20.7. The quantitative estimate of drug-likeness (QED) is 0.347. The lowest BCUT2D eigenvalue weighted by atomic mass is 10.1. The fraction of sp³-hybridized carbons (Fsp3) is 0.905. The molecule has 0 aliphatic carbocycles. The molecule has 1 fully saturated rings. The van der Waals surface area contributed by atoms with E-state index in [1.807, 2.05) is 0 Å². The molecule has 0 saturated carbocycles. The summed E-state index contributed by atoms with van der Waals surface area (Å²) < 4.78 is 0. The Hall–Kier alpha value is -0.0831. The minimum atomic E-state index is -1.15. The van der Waals surface area contributed by atoms with Gasteiger partial charge in [0.2, 0.25) is 0 Å². The van der Waals surface area contributed by atoms with Crippen LogP contribution in [0.3, 0.4) is 0 Å². The largest absolute Gasteiger partial charge is 0.306 e. The van der Waals surface area contributed by atoms with Crippen molar-refractivity contribution in [2.45, 2.75) is 103 Å². The Morgan fingerprint density at radius 2 is 1.26 bits per heavy atom. The van der Waals surface area contributed by atoms with Crippen LogP contribution in [-0.4, -0.2) is 32.2 Å². The fourth-order valence-corrected chi connectivity index (χ4v) is 9.68. The number of rotatable bonds is 8. The molecule has 1 rings (SSSR count). The molecule has 1 aliphatic rings. The van der Waals surface area contributed by atoms with E-state index in [-0.39, 0.29) is 0 Å². The van der Waals surface area contributed by atoms with E-state index >= 15 is 0 Å². The van der Waals surface area contributed by atoms with Gasteiger partial charge in [0.25, 0.3) is 0 Å². The van der Waals surface area contributed by atoms with E-state index in [2.05, 4.69) is 37.8 Å². The average Bonchev–Trinajstić information content (AvgIpc) is 2.60. The SMILES string of the molecule is CC=CC[Si](CCC)(CCC)CN1CCCCCCCCCC1. The van der Waals surface area contributed by atoms with E-state index < -0.39 is 8.07 Å². The number of hydrogen-bond donors (Lipinski definition) is 0. The molecular formula is C21H43NSi. The van der Waals surface area contributed by atoms with Crippen molar-refractivity contribution < 1.29 is 0 Å². The highest BCUT2D eigenvalue weighted by Gasteiger charge is 2.31. The van der Waals surface area contributed by atoms with E-state index in [4.69, 9.17) is 0 Å². The van der Waals surface area contributed by atoms with Gasteiger partial charge < -0.3 is 4.90 Å². The minimum absolute atomic E-state index is 1.15. The zero-order valence-electron chi connectivity index (χ0n) is 16.4. The Kier molecular flexibility index (Phi) is 12.1. The average molecular weight is 338 g/mol. The highest BCUT2D eigenvalue weighted by Crippen LogP contribution is 2.27. The van der Waals surface area contributed by atoms with Crippen LogP contribution in [0.5, 0.6) is 0 Å². The van der Waals surface area contributed by atoms with Gasteiger partial charge in [-0.1, -0.05) is 89.5 Å². The summed E-state index contributed by atoms with van der Waals surface area (Å²) in [5.74, 6) is 0. The summed E-state index contributed by atoms with van der Waals surface area (Å²) in [7, 11) is -1.15. The summed E-state index contributed by atoms with van der Waals surface area (Å²) in [5.41, 5.74) is 0. The predicted octanol–water partition coefficient (Wildman–Crippen LogP) is 6.81. The molecule has 0 aromatic heterocycles. The standard InChI is InChI=1S/C21H43NSi/c1-4-7-20-23(18-5-2,19-6-3)21-22-16-14-12-10-8-9-11-13-15-17-22/h4,7H,5-6,8-21H2,1-3H3. The second-order valence-electron chi connectivity index (χ2n) is 7.88. The first-order valence-corrected chi connectivity index (χ1v) is 13.4. The molecule has 1 saturated heterocycles. The first-order valence-electron chi connectivity index (χ1n) is 10.6. The second-order valence-corrected chi connectivity index (χ2v) is 12.6. The van der Waals surface area contributed by atoms with Crippen molar-refractivity contribution in [1.29, 1.82) is 0 Å². The zero-order chi connectivity index (χ0) is 16.8. The Balaban J connectivity index is 2.69. The van der Waals surface area contributed by atoms with E-state index in [0.717, 1.165) is 0 Å². The van der Waals surface area contributed by atoms with Crippen molar-refractivity contribution in [1.82, 2.24) is 4.90 Å². The van der Waals surface area contributed by atoms with Crippen LogP contribution >= 0.6 is 0 Å². The van der Waals surface area contributed by atoms with Crippen molar-refractivity contribution in [3.63, 3.8) is 0 Å². The van der Waals surface area contributed by atoms with Gasteiger partial charge in [-0.25, -0.2) is 0 Å². The van der Waals surface area contributed by atoms with E-state index in [0.29, 0.717) is 0 Å². The first kappa shape index (κ1) is 21.0. The van der Waals surface area contributed by atoms with Gasteiger partial charge in [-0.2, -0.15) is 0 Å². The molecule has 1 aliphatic heterocycles. The van der Waals surface area contributed by atoms with Crippen molar-refractivity contribution in [2.24, 2.45) is 0 Å². The number of allylic oxidation sites excluding steroid dienone is 2. The van der Waals surface area contributed by atoms with Crippen molar-refractivity contribution in [3.8, 4) is 0 Å². The molecule has 0 radical (unpaired) electrons. The third kappa shape index (κ3) is 9.10. The third-order valence-corrected chi connectivity index (χ3v) is 10.9. The van der Waals surface area contributed by atoms with E-state index in [1.165, 1.54) is 102 Å². The van der Waals surface area contributed by atoms with Crippen LogP contribution in [0.25, 0.3) is 0 Å². The molecule has 0 amide bonds. The van der Waals surface area contributed by atoms with Gasteiger partial charge in [0, 0.05) is 0 Å². The van der Waals surface area contributed by atoms with Crippen molar-refractivity contribution in [3.05, 3.63) is 12.2 Å². The maximum Gasteiger partial charge on any atom is 0.0727 e.